The Bertz CT molecular complexity index is 919. The average Bonchev–Trinajstić information content (AvgIpc) is 3.52. The Balaban J connectivity index is 0.000000721. The van der Waals surface area contributed by atoms with Gasteiger partial charge in [-0.25, -0.2) is 0 Å². The van der Waals surface area contributed by atoms with Gasteiger partial charge in [0.2, 0.25) is 0 Å². The molecule has 1 aromatic rings. The van der Waals surface area contributed by atoms with Gasteiger partial charge in [-0.15, -0.1) is 6.42 Å². The number of aryl methyl sites for hydroxylation is 1. The Morgan fingerprint density at radius 1 is 0.818 bits per heavy atom. The maximum absolute atomic E-state index is 5.33. The predicted octanol–water partition coefficient (Wildman–Crippen LogP) is 12.9. The molecule has 1 aromatic carbocycles. The standard InChI is InChI=1S/C22H38.C13H14.C3H8.2C2H6.CH5N/c1-4-15-5-7-18-16(13-15)6-8-21-20(18)12-11-19-17(14(2)3)9-10-22(19)21;1-5-11-7-8-13(10(3)4)12(6-2)9-11;1-3-2;3*1-2/h14-22H,4-13H2,1-3H3;1,7-9H,3,6H2,2,4H3;3H2,1-2H3;2*1-2H3;2H2,1H3. The first-order chi connectivity index (χ1) is 21.3. The van der Waals surface area contributed by atoms with Crippen LogP contribution in [0.25, 0.3) is 5.57 Å². The monoisotopic (exact) mass is 608 g/mol. The highest BCUT2D eigenvalue weighted by Crippen LogP contribution is 2.60. The quantitative estimate of drug-likeness (QED) is 0.339. The number of rotatable bonds is 4. The highest BCUT2D eigenvalue weighted by atomic mass is 14.6. The Hall–Kier alpha value is -1.52. The highest BCUT2D eigenvalue weighted by Gasteiger charge is 2.51. The second-order valence-corrected chi connectivity index (χ2v) is 13.7. The summed E-state index contributed by atoms with van der Waals surface area (Å²) in [7, 11) is 1.50. The maximum atomic E-state index is 5.33. The van der Waals surface area contributed by atoms with E-state index in [4.69, 9.17) is 6.42 Å². The van der Waals surface area contributed by atoms with E-state index < -0.39 is 0 Å². The second kappa shape index (κ2) is 23.8. The van der Waals surface area contributed by atoms with E-state index in [1.807, 2.05) is 40.7 Å². The molecule has 0 saturated heterocycles. The van der Waals surface area contributed by atoms with E-state index in [-0.39, 0.29) is 0 Å². The smallest absolute Gasteiger partial charge is 0.0245 e. The summed E-state index contributed by atoms with van der Waals surface area (Å²) < 4.78 is 0. The molecule has 44 heavy (non-hydrogen) atoms. The number of allylic oxidation sites excluding steroid dienone is 1. The summed E-state index contributed by atoms with van der Waals surface area (Å²) >= 11 is 0. The van der Waals surface area contributed by atoms with E-state index in [9.17, 15) is 0 Å². The SMILES string of the molecule is C#Cc1ccc(C(=C)C)c(CC)c1.CC.CC.CCC.CCC1CCC2C(CCC3C2CCC2C(C(C)C)CCC23)C1.CN. The lowest BCUT2D eigenvalue weighted by Crippen LogP contribution is -2.45. The Morgan fingerprint density at radius 2 is 1.32 bits per heavy atom. The van der Waals surface area contributed by atoms with Crippen LogP contribution in [0.15, 0.2) is 24.8 Å². The summed E-state index contributed by atoms with van der Waals surface area (Å²) in [5.41, 5.74) is 9.05. The molecule has 8 atom stereocenters. The van der Waals surface area contributed by atoms with Crippen LogP contribution < -0.4 is 5.73 Å². The van der Waals surface area contributed by atoms with E-state index in [1.165, 1.54) is 31.0 Å². The van der Waals surface area contributed by atoms with Gasteiger partial charge in [0.05, 0.1) is 0 Å². The molecule has 0 aliphatic heterocycles. The van der Waals surface area contributed by atoms with Crippen molar-refractivity contribution in [2.24, 2.45) is 59.0 Å². The van der Waals surface area contributed by atoms with Gasteiger partial charge in [-0.1, -0.05) is 113 Å². The third-order valence-electron chi connectivity index (χ3n) is 11.0. The van der Waals surface area contributed by atoms with Gasteiger partial charge in [0.15, 0.2) is 0 Å². The number of hydrogen-bond donors (Lipinski definition) is 1. The van der Waals surface area contributed by atoms with Crippen molar-refractivity contribution in [3.63, 3.8) is 0 Å². The molecule has 1 heteroatoms. The van der Waals surface area contributed by atoms with Crippen LogP contribution in [0.5, 0.6) is 0 Å². The van der Waals surface area contributed by atoms with Crippen molar-refractivity contribution < 1.29 is 0 Å². The lowest BCUT2D eigenvalue weighted by molar-refractivity contribution is -0.0366. The lowest BCUT2D eigenvalue weighted by Gasteiger charge is -2.53. The molecule has 0 radical (unpaired) electrons. The Kier molecular flexibility index (Phi) is 22.9. The molecule has 4 aliphatic carbocycles. The molecular formula is C43H77N. The molecule has 8 unspecified atom stereocenters. The zero-order valence-electron chi connectivity index (χ0n) is 31.8. The normalized spacial score (nSPS) is 29.2. The van der Waals surface area contributed by atoms with Gasteiger partial charge in [0, 0.05) is 5.56 Å². The second-order valence-electron chi connectivity index (χ2n) is 13.7. The van der Waals surface area contributed by atoms with Crippen LogP contribution >= 0.6 is 0 Å². The predicted molar refractivity (Wildman–Crippen MR) is 202 cm³/mol. The topological polar surface area (TPSA) is 26.0 Å². The lowest BCUT2D eigenvalue weighted by atomic mass is 9.52. The average molecular weight is 608 g/mol. The van der Waals surface area contributed by atoms with Crippen molar-refractivity contribution in [3.8, 4) is 12.3 Å². The van der Waals surface area contributed by atoms with Gasteiger partial charge < -0.3 is 5.73 Å². The van der Waals surface area contributed by atoms with E-state index >= 15 is 0 Å². The third kappa shape index (κ3) is 11.7. The van der Waals surface area contributed by atoms with Crippen LogP contribution in [-0.4, -0.2) is 7.05 Å². The van der Waals surface area contributed by atoms with Crippen LogP contribution in [0.3, 0.4) is 0 Å². The molecule has 0 amide bonds. The zero-order valence-corrected chi connectivity index (χ0v) is 31.8. The number of nitrogens with two attached hydrogens (primary N) is 1. The van der Waals surface area contributed by atoms with E-state index in [0.29, 0.717) is 0 Å². The fraction of sp³-hybridized carbons (Fsp3) is 0.767. The van der Waals surface area contributed by atoms with Crippen LogP contribution in [-0.2, 0) is 6.42 Å². The summed E-state index contributed by atoms with van der Waals surface area (Å²) in [6, 6.07) is 6.07. The molecule has 254 valence electrons. The third-order valence-corrected chi connectivity index (χ3v) is 11.0. The van der Waals surface area contributed by atoms with Crippen LogP contribution in [0, 0.1) is 65.6 Å². The first-order valence-electron chi connectivity index (χ1n) is 19.1. The van der Waals surface area contributed by atoms with E-state index in [0.717, 1.165) is 70.8 Å². The molecule has 0 aromatic heterocycles. The summed E-state index contributed by atoms with van der Waals surface area (Å²) in [6.07, 6.45) is 23.3. The zero-order chi connectivity index (χ0) is 33.8. The van der Waals surface area contributed by atoms with Gasteiger partial charge in [-0.2, -0.15) is 0 Å². The van der Waals surface area contributed by atoms with Crippen molar-refractivity contribution in [3.05, 3.63) is 41.5 Å². The first kappa shape index (κ1) is 42.5. The molecule has 4 fully saturated rings. The van der Waals surface area contributed by atoms with Crippen molar-refractivity contribution in [1.82, 2.24) is 0 Å². The fourth-order valence-electron chi connectivity index (χ4n) is 9.24. The molecule has 5 rings (SSSR count). The maximum Gasteiger partial charge on any atom is 0.0245 e. The highest BCUT2D eigenvalue weighted by molar-refractivity contribution is 5.65. The molecular weight excluding hydrogens is 530 g/mol. The van der Waals surface area contributed by atoms with Crippen molar-refractivity contribution in [2.75, 3.05) is 7.05 Å². The number of fused-ring (bicyclic) bond motifs is 5. The van der Waals surface area contributed by atoms with Crippen LogP contribution in [0.4, 0.5) is 0 Å². The minimum atomic E-state index is 0.933. The van der Waals surface area contributed by atoms with E-state index in [1.54, 1.807) is 57.8 Å². The number of benzene rings is 1. The minimum Gasteiger partial charge on any atom is -0.333 e. The Morgan fingerprint density at radius 3 is 1.84 bits per heavy atom. The summed E-state index contributed by atoms with van der Waals surface area (Å²) in [5, 5.41) is 0. The molecule has 4 saturated carbocycles. The summed E-state index contributed by atoms with van der Waals surface area (Å²) in [4.78, 5) is 0. The molecule has 2 N–H and O–H groups in total. The molecule has 0 bridgehead atoms. The van der Waals surface area contributed by atoms with Gasteiger partial charge in [-0.05, 0) is 148 Å². The van der Waals surface area contributed by atoms with Crippen LogP contribution in [0.2, 0.25) is 0 Å². The fourth-order valence-corrected chi connectivity index (χ4v) is 9.24. The van der Waals surface area contributed by atoms with Gasteiger partial charge in [0.25, 0.3) is 0 Å². The first-order valence-corrected chi connectivity index (χ1v) is 19.1. The number of hydrogen-bond acceptors (Lipinski definition) is 1. The van der Waals surface area contributed by atoms with Gasteiger partial charge in [-0.3, -0.25) is 0 Å². The van der Waals surface area contributed by atoms with E-state index in [2.05, 4.69) is 71.9 Å². The summed E-state index contributed by atoms with van der Waals surface area (Å²) in [6.45, 7) is 27.7. The molecule has 1 nitrogen and oxygen atoms in total. The summed E-state index contributed by atoms with van der Waals surface area (Å²) in [5.74, 6) is 12.5. The van der Waals surface area contributed by atoms with Crippen LogP contribution in [0.1, 0.15) is 163 Å². The Labute approximate surface area is 278 Å². The van der Waals surface area contributed by atoms with Gasteiger partial charge >= 0.3 is 0 Å². The minimum absolute atomic E-state index is 0.933. The van der Waals surface area contributed by atoms with Crippen molar-refractivity contribution in [2.45, 2.75) is 153 Å². The van der Waals surface area contributed by atoms with Gasteiger partial charge in [0.1, 0.15) is 0 Å². The number of terminal acetylenes is 1. The largest absolute Gasteiger partial charge is 0.333 e. The van der Waals surface area contributed by atoms with Crippen molar-refractivity contribution >= 4 is 5.57 Å². The van der Waals surface area contributed by atoms with Crippen molar-refractivity contribution in [1.29, 1.82) is 0 Å². The molecule has 4 aliphatic rings. The molecule has 0 spiro atoms. The molecule has 0 heterocycles.